The van der Waals surface area contributed by atoms with Crippen molar-refractivity contribution in [3.8, 4) is 11.4 Å². The van der Waals surface area contributed by atoms with Gasteiger partial charge in [-0.05, 0) is 17.5 Å². The quantitative estimate of drug-likeness (QED) is 0.779. The summed E-state index contributed by atoms with van der Waals surface area (Å²) in [5, 5.41) is 0. The number of imidazole rings is 1. The lowest BCUT2D eigenvalue weighted by atomic mass is 10.1. The fourth-order valence-corrected chi connectivity index (χ4v) is 3.27. The molecule has 0 amide bonds. The Labute approximate surface area is 124 Å². The summed E-state index contributed by atoms with van der Waals surface area (Å²) in [7, 11) is 0. The van der Waals surface area contributed by atoms with Crippen LogP contribution >= 0.6 is 0 Å². The third-order valence-electron chi connectivity index (χ3n) is 4.32. The number of benzene rings is 2. The van der Waals surface area contributed by atoms with E-state index in [1.807, 2.05) is 30.6 Å². The lowest BCUT2D eigenvalue weighted by molar-refractivity contribution is 0.453. The SMILES string of the molecule is NC1c2ccccc2CC1n1ccnc1-c1ccccc1. The topological polar surface area (TPSA) is 43.8 Å². The van der Waals surface area contributed by atoms with Crippen molar-refractivity contribution in [3.05, 3.63) is 78.1 Å². The average molecular weight is 275 g/mol. The highest BCUT2D eigenvalue weighted by atomic mass is 15.1. The van der Waals surface area contributed by atoms with Gasteiger partial charge in [-0.1, -0.05) is 54.6 Å². The first-order valence-corrected chi connectivity index (χ1v) is 7.26. The van der Waals surface area contributed by atoms with Crippen molar-refractivity contribution >= 4 is 0 Å². The summed E-state index contributed by atoms with van der Waals surface area (Å²) in [6.07, 6.45) is 4.87. The third kappa shape index (κ3) is 1.98. The van der Waals surface area contributed by atoms with E-state index >= 15 is 0 Å². The van der Waals surface area contributed by atoms with Gasteiger partial charge in [0, 0.05) is 18.0 Å². The Morgan fingerprint density at radius 2 is 1.76 bits per heavy atom. The Morgan fingerprint density at radius 1 is 1.00 bits per heavy atom. The summed E-state index contributed by atoms with van der Waals surface area (Å²) >= 11 is 0. The third-order valence-corrected chi connectivity index (χ3v) is 4.32. The monoisotopic (exact) mass is 275 g/mol. The molecular weight excluding hydrogens is 258 g/mol. The van der Waals surface area contributed by atoms with Crippen molar-refractivity contribution in [2.75, 3.05) is 0 Å². The molecular formula is C18H17N3. The zero-order valence-electron chi connectivity index (χ0n) is 11.7. The molecule has 0 fully saturated rings. The van der Waals surface area contributed by atoms with Crippen LogP contribution in [-0.2, 0) is 6.42 Å². The first-order valence-electron chi connectivity index (χ1n) is 7.26. The average Bonchev–Trinajstić information content (AvgIpc) is 3.13. The second-order valence-electron chi connectivity index (χ2n) is 5.52. The molecule has 4 rings (SSSR count). The van der Waals surface area contributed by atoms with Gasteiger partial charge < -0.3 is 10.3 Å². The lowest BCUT2D eigenvalue weighted by Gasteiger charge is -2.20. The zero-order chi connectivity index (χ0) is 14.2. The summed E-state index contributed by atoms with van der Waals surface area (Å²) in [6, 6.07) is 19.0. The van der Waals surface area contributed by atoms with Crippen LogP contribution in [0.15, 0.2) is 67.0 Å². The normalized spacial score (nSPS) is 20.4. The van der Waals surface area contributed by atoms with Gasteiger partial charge >= 0.3 is 0 Å². The molecule has 104 valence electrons. The van der Waals surface area contributed by atoms with Crippen LogP contribution in [0.4, 0.5) is 0 Å². The molecule has 1 heterocycles. The molecule has 0 aliphatic heterocycles. The van der Waals surface area contributed by atoms with Crippen LogP contribution in [0, 0.1) is 0 Å². The molecule has 3 heteroatoms. The number of fused-ring (bicyclic) bond motifs is 1. The van der Waals surface area contributed by atoms with Crippen LogP contribution in [0.2, 0.25) is 0 Å². The minimum absolute atomic E-state index is 0.0258. The van der Waals surface area contributed by atoms with Gasteiger partial charge in [-0.15, -0.1) is 0 Å². The van der Waals surface area contributed by atoms with Crippen LogP contribution in [0.3, 0.4) is 0 Å². The highest BCUT2D eigenvalue weighted by Crippen LogP contribution is 2.39. The van der Waals surface area contributed by atoms with E-state index in [4.69, 9.17) is 5.73 Å². The maximum Gasteiger partial charge on any atom is 0.140 e. The molecule has 0 saturated carbocycles. The van der Waals surface area contributed by atoms with Gasteiger partial charge in [0.25, 0.3) is 0 Å². The van der Waals surface area contributed by atoms with Gasteiger partial charge in [0.15, 0.2) is 0 Å². The molecule has 2 N–H and O–H groups in total. The highest BCUT2D eigenvalue weighted by Gasteiger charge is 2.31. The summed E-state index contributed by atoms with van der Waals surface area (Å²) < 4.78 is 2.22. The van der Waals surface area contributed by atoms with E-state index in [9.17, 15) is 0 Å². The van der Waals surface area contributed by atoms with E-state index < -0.39 is 0 Å². The molecule has 2 unspecified atom stereocenters. The van der Waals surface area contributed by atoms with Crippen LogP contribution in [0.5, 0.6) is 0 Å². The molecule has 1 aromatic heterocycles. The minimum atomic E-state index is 0.0258. The standard InChI is InChI=1S/C18H17N3/c19-17-15-9-5-4-8-14(15)12-16(17)21-11-10-20-18(21)13-6-2-1-3-7-13/h1-11,16-17H,12,19H2. The van der Waals surface area contributed by atoms with Gasteiger partial charge in [-0.3, -0.25) is 0 Å². The first-order chi connectivity index (χ1) is 10.3. The maximum atomic E-state index is 6.48. The van der Waals surface area contributed by atoms with Crippen LogP contribution < -0.4 is 5.73 Å². The number of rotatable bonds is 2. The number of nitrogens with two attached hydrogens (primary N) is 1. The number of hydrogen-bond donors (Lipinski definition) is 1. The molecule has 1 aliphatic carbocycles. The summed E-state index contributed by atoms with van der Waals surface area (Å²) in [4.78, 5) is 4.54. The zero-order valence-corrected chi connectivity index (χ0v) is 11.7. The molecule has 1 aliphatic rings. The fourth-order valence-electron chi connectivity index (χ4n) is 3.27. The van der Waals surface area contributed by atoms with Gasteiger partial charge in [0.05, 0.1) is 12.1 Å². The largest absolute Gasteiger partial charge is 0.326 e. The molecule has 0 saturated heterocycles. The second kappa shape index (κ2) is 4.86. The number of nitrogens with zero attached hydrogens (tertiary/aromatic N) is 2. The Balaban J connectivity index is 1.76. The minimum Gasteiger partial charge on any atom is -0.326 e. The molecule has 0 bridgehead atoms. The van der Waals surface area contributed by atoms with Crippen LogP contribution in [-0.4, -0.2) is 9.55 Å². The maximum absolute atomic E-state index is 6.48. The van der Waals surface area contributed by atoms with Gasteiger partial charge in [0.1, 0.15) is 5.82 Å². The van der Waals surface area contributed by atoms with Crippen molar-refractivity contribution < 1.29 is 0 Å². The Hall–Kier alpha value is -2.39. The smallest absolute Gasteiger partial charge is 0.140 e. The van der Waals surface area contributed by atoms with E-state index in [1.54, 1.807) is 0 Å². The van der Waals surface area contributed by atoms with Gasteiger partial charge in [-0.25, -0.2) is 4.98 Å². The second-order valence-corrected chi connectivity index (χ2v) is 5.52. The molecule has 2 atom stereocenters. The molecule has 2 aromatic carbocycles. The molecule has 0 radical (unpaired) electrons. The predicted molar refractivity (Wildman–Crippen MR) is 83.8 cm³/mol. The lowest BCUT2D eigenvalue weighted by Crippen LogP contribution is -2.21. The highest BCUT2D eigenvalue weighted by molar-refractivity contribution is 5.55. The first kappa shape index (κ1) is 12.4. The van der Waals surface area contributed by atoms with E-state index in [-0.39, 0.29) is 12.1 Å². The van der Waals surface area contributed by atoms with Crippen molar-refractivity contribution in [2.45, 2.75) is 18.5 Å². The number of aromatic nitrogens is 2. The predicted octanol–water partition coefficient (Wildman–Crippen LogP) is 3.35. The Bertz CT molecular complexity index is 761. The van der Waals surface area contributed by atoms with Crippen molar-refractivity contribution in [1.29, 1.82) is 0 Å². The Kier molecular flexibility index (Phi) is 2.86. The van der Waals surface area contributed by atoms with Crippen molar-refractivity contribution in [3.63, 3.8) is 0 Å². The number of hydrogen-bond acceptors (Lipinski definition) is 2. The fraction of sp³-hybridized carbons (Fsp3) is 0.167. The summed E-state index contributed by atoms with van der Waals surface area (Å²) in [6.45, 7) is 0. The van der Waals surface area contributed by atoms with Crippen LogP contribution in [0.25, 0.3) is 11.4 Å². The summed E-state index contributed by atoms with van der Waals surface area (Å²) in [5.74, 6) is 0.990. The summed E-state index contributed by atoms with van der Waals surface area (Å²) in [5.41, 5.74) is 10.2. The Morgan fingerprint density at radius 3 is 2.57 bits per heavy atom. The molecule has 3 nitrogen and oxygen atoms in total. The van der Waals surface area contributed by atoms with Crippen LogP contribution in [0.1, 0.15) is 23.2 Å². The van der Waals surface area contributed by atoms with Crippen molar-refractivity contribution in [1.82, 2.24) is 9.55 Å². The van der Waals surface area contributed by atoms with E-state index in [0.717, 1.165) is 17.8 Å². The molecule has 0 spiro atoms. The van der Waals surface area contributed by atoms with E-state index in [1.165, 1.54) is 11.1 Å². The van der Waals surface area contributed by atoms with Gasteiger partial charge in [0.2, 0.25) is 0 Å². The molecule has 21 heavy (non-hydrogen) atoms. The van der Waals surface area contributed by atoms with E-state index in [0.29, 0.717) is 0 Å². The van der Waals surface area contributed by atoms with Crippen molar-refractivity contribution in [2.24, 2.45) is 5.73 Å². The molecule has 3 aromatic rings. The van der Waals surface area contributed by atoms with E-state index in [2.05, 4.69) is 45.9 Å². The van der Waals surface area contributed by atoms with Gasteiger partial charge in [-0.2, -0.15) is 0 Å².